The second kappa shape index (κ2) is 8.59. The summed E-state index contributed by atoms with van der Waals surface area (Å²) in [5, 5.41) is 5.73. The first-order valence-corrected chi connectivity index (χ1v) is 8.78. The van der Waals surface area contributed by atoms with Crippen LogP contribution in [0.15, 0.2) is 29.6 Å². The van der Waals surface area contributed by atoms with Gasteiger partial charge in [-0.05, 0) is 18.9 Å². The fourth-order valence-electron chi connectivity index (χ4n) is 2.25. The van der Waals surface area contributed by atoms with Gasteiger partial charge in [0.05, 0.1) is 23.2 Å². The van der Waals surface area contributed by atoms with Crippen molar-refractivity contribution in [1.82, 2.24) is 10.3 Å². The minimum Gasteiger partial charge on any atom is -0.459 e. The summed E-state index contributed by atoms with van der Waals surface area (Å²) in [5.74, 6) is -0.541. The van der Waals surface area contributed by atoms with Gasteiger partial charge in [-0.1, -0.05) is 36.8 Å². The Morgan fingerprint density at radius 2 is 2.00 bits per heavy atom. The predicted molar refractivity (Wildman–Crippen MR) is 93.6 cm³/mol. The minimum absolute atomic E-state index is 0.0907. The Morgan fingerprint density at radius 1 is 1.29 bits per heavy atom. The smallest absolute Gasteiger partial charge is 0.308 e. The van der Waals surface area contributed by atoms with Gasteiger partial charge in [0.15, 0.2) is 0 Å². The third kappa shape index (κ3) is 5.45. The molecule has 128 valence electrons. The van der Waals surface area contributed by atoms with Crippen LogP contribution in [0.1, 0.15) is 48.1 Å². The van der Waals surface area contributed by atoms with Crippen LogP contribution < -0.4 is 5.32 Å². The van der Waals surface area contributed by atoms with E-state index in [1.54, 1.807) is 11.3 Å². The van der Waals surface area contributed by atoms with Crippen molar-refractivity contribution >= 4 is 23.2 Å². The summed E-state index contributed by atoms with van der Waals surface area (Å²) >= 11 is 1.56. The molecule has 1 N–H and O–H groups in total. The number of hydrogen-bond donors (Lipinski definition) is 1. The third-order valence-electron chi connectivity index (χ3n) is 3.51. The Hall–Kier alpha value is -2.21. The van der Waals surface area contributed by atoms with Crippen molar-refractivity contribution in [2.75, 3.05) is 0 Å². The average Bonchev–Trinajstić information content (AvgIpc) is 3.01. The topological polar surface area (TPSA) is 68.3 Å². The zero-order valence-electron chi connectivity index (χ0n) is 14.2. The van der Waals surface area contributed by atoms with Crippen molar-refractivity contribution in [3.8, 4) is 0 Å². The first-order chi connectivity index (χ1) is 11.5. The highest BCUT2D eigenvalue weighted by molar-refractivity contribution is 7.09. The van der Waals surface area contributed by atoms with Crippen LogP contribution in [0, 0.1) is 6.92 Å². The van der Waals surface area contributed by atoms with E-state index in [0.717, 1.165) is 28.2 Å². The van der Waals surface area contributed by atoms with E-state index in [0.29, 0.717) is 0 Å². The van der Waals surface area contributed by atoms with Crippen molar-refractivity contribution in [3.05, 3.63) is 51.5 Å². The van der Waals surface area contributed by atoms with Gasteiger partial charge in [-0.3, -0.25) is 9.59 Å². The number of nitrogens with zero attached hydrogens (tertiary/aromatic N) is 1. The van der Waals surface area contributed by atoms with Gasteiger partial charge in [0.2, 0.25) is 5.91 Å². The van der Waals surface area contributed by atoms with E-state index in [-0.39, 0.29) is 24.9 Å². The standard InChI is InChI=1S/C18H22N2O3S/c1-4-17-20-15(11-24-17)10-23-18(22)9-16(19-13(3)21)14-7-5-12(2)6-8-14/h5-8,11,16H,4,9-10H2,1-3H3,(H,19,21). The van der Waals surface area contributed by atoms with E-state index in [1.165, 1.54) is 6.92 Å². The van der Waals surface area contributed by atoms with Gasteiger partial charge in [0.1, 0.15) is 6.61 Å². The van der Waals surface area contributed by atoms with E-state index >= 15 is 0 Å². The van der Waals surface area contributed by atoms with Gasteiger partial charge >= 0.3 is 5.97 Å². The quantitative estimate of drug-likeness (QED) is 0.781. The van der Waals surface area contributed by atoms with Crippen LogP contribution >= 0.6 is 11.3 Å². The lowest BCUT2D eigenvalue weighted by molar-refractivity contribution is -0.145. The first kappa shape index (κ1) is 18.1. The molecule has 1 atom stereocenters. The highest BCUT2D eigenvalue weighted by atomic mass is 32.1. The van der Waals surface area contributed by atoms with E-state index < -0.39 is 6.04 Å². The number of ether oxygens (including phenoxy) is 1. The Morgan fingerprint density at radius 3 is 2.58 bits per heavy atom. The van der Waals surface area contributed by atoms with Crippen molar-refractivity contribution in [3.63, 3.8) is 0 Å². The number of thiazole rings is 1. The SMILES string of the molecule is CCc1nc(COC(=O)CC(NC(C)=O)c2ccc(C)cc2)cs1. The van der Waals surface area contributed by atoms with E-state index in [4.69, 9.17) is 4.74 Å². The number of rotatable bonds is 7. The molecule has 0 saturated carbocycles. The summed E-state index contributed by atoms with van der Waals surface area (Å²) in [4.78, 5) is 27.9. The van der Waals surface area contributed by atoms with E-state index in [1.807, 2.05) is 43.5 Å². The normalized spacial score (nSPS) is 11.8. The first-order valence-electron chi connectivity index (χ1n) is 7.90. The summed E-state index contributed by atoms with van der Waals surface area (Å²) < 4.78 is 5.30. The Balaban J connectivity index is 1.96. The summed E-state index contributed by atoms with van der Waals surface area (Å²) in [7, 11) is 0. The van der Waals surface area contributed by atoms with E-state index in [2.05, 4.69) is 10.3 Å². The van der Waals surface area contributed by atoms with Crippen LogP contribution in [0.4, 0.5) is 0 Å². The van der Waals surface area contributed by atoms with Gasteiger partial charge in [-0.2, -0.15) is 0 Å². The molecule has 0 aliphatic carbocycles. The number of carbonyl (C=O) groups is 2. The van der Waals surface area contributed by atoms with Crippen molar-refractivity contribution < 1.29 is 14.3 Å². The molecule has 0 fully saturated rings. The number of esters is 1. The van der Waals surface area contributed by atoms with Crippen molar-refractivity contribution in [2.24, 2.45) is 0 Å². The fourth-order valence-corrected chi connectivity index (χ4v) is 2.98. The van der Waals surface area contributed by atoms with Crippen molar-refractivity contribution in [1.29, 1.82) is 0 Å². The number of aryl methyl sites for hydroxylation is 2. The maximum absolute atomic E-state index is 12.1. The Bertz CT molecular complexity index is 695. The molecule has 1 unspecified atom stereocenters. The Kier molecular flexibility index (Phi) is 6.49. The molecule has 0 bridgehead atoms. The van der Waals surface area contributed by atoms with Crippen LogP contribution in [-0.4, -0.2) is 16.9 Å². The van der Waals surface area contributed by atoms with Crippen LogP contribution in [-0.2, 0) is 27.4 Å². The summed E-state index contributed by atoms with van der Waals surface area (Å²) in [6, 6.07) is 7.35. The number of hydrogen-bond acceptors (Lipinski definition) is 5. The van der Waals surface area contributed by atoms with Crippen LogP contribution in [0.25, 0.3) is 0 Å². The molecule has 6 heteroatoms. The second-order valence-corrected chi connectivity index (χ2v) is 6.56. The average molecular weight is 346 g/mol. The molecular formula is C18H22N2O3S. The molecule has 1 amide bonds. The molecule has 1 aromatic carbocycles. The van der Waals surface area contributed by atoms with Gasteiger partial charge in [-0.25, -0.2) is 4.98 Å². The lowest BCUT2D eigenvalue weighted by Gasteiger charge is -2.17. The highest BCUT2D eigenvalue weighted by Crippen LogP contribution is 2.19. The molecule has 0 saturated heterocycles. The Labute approximate surface area is 146 Å². The van der Waals surface area contributed by atoms with Gasteiger partial charge in [0, 0.05) is 12.3 Å². The van der Waals surface area contributed by atoms with Gasteiger partial charge in [0.25, 0.3) is 0 Å². The number of aromatic nitrogens is 1. The summed E-state index contributed by atoms with van der Waals surface area (Å²) in [6.45, 7) is 5.63. The molecule has 2 rings (SSSR count). The maximum atomic E-state index is 12.1. The fraction of sp³-hybridized carbons (Fsp3) is 0.389. The number of amides is 1. The lowest BCUT2D eigenvalue weighted by atomic mass is 10.0. The minimum atomic E-state index is -0.391. The molecule has 0 aliphatic rings. The maximum Gasteiger partial charge on any atom is 0.308 e. The molecule has 1 aromatic heterocycles. The molecule has 2 aromatic rings. The molecule has 5 nitrogen and oxygen atoms in total. The van der Waals surface area contributed by atoms with Gasteiger partial charge in [-0.15, -0.1) is 11.3 Å². The zero-order valence-corrected chi connectivity index (χ0v) is 15.0. The molecule has 0 radical (unpaired) electrons. The highest BCUT2D eigenvalue weighted by Gasteiger charge is 2.18. The number of nitrogens with one attached hydrogen (secondary N) is 1. The predicted octanol–water partition coefficient (Wildman–Crippen LogP) is 3.32. The molecule has 0 aliphatic heterocycles. The third-order valence-corrected chi connectivity index (χ3v) is 4.55. The largest absolute Gasteiger partial charge is 0.459 e. The number of carbonyl (C=O) groups excluding carboxylic acids is 2. The van der Waals surface area contributed by atoms with Crippen LogP contribution in [0.5, 0.6) is 0 Å². The molecule has 0 spiro atoms. The van der Waals surface area contributed by atoms with E-state index in [9.17, 15) is 9.59 Å². The summed E-state index contributed by atoms with van der Waals surface area (Å²) in [5.41, 5.74) is 2.77. The number of benzene rings is 1. The lowest BCUT2D eigenvalue weighted by Crippen LogP contribution is -2.28. The summed E-state index contributed by atoms with van der Waals surface area (Å²) in [6.07, 6.45) is 0.962. The molecule has 24 heavy (non-hydrogen) atoms. The van der Waals surface area contributed by atoms with Gasteiger partial charge < -0.3 is 10.1 Å². The van der Waals surface area contributed by atoms with Crippen LogP contribution in [0.3, 0.4) is 0 Å². The second-order valence-electron chi connectivity index (χ2n) is 5.61. The molecule has 1 heterocycles. The molecular weight excluding hydrogens is 324 g/mol. The van der Waals surface area contributed by atoms with Crippen molar-refractivity contribution in [2.45, 2.75) is 46.3 Å². The monoisotopic (exact) mass is 346 g/mol. The van der Waals surface area contributed by atoms with Crippen LogP contribution in [0.2, 0.25) is 0 Å². The zero-order chi connectivity index (χ0) is 17.5.